The van der Waals surface area contributed by atoms with Gasteiger partial charge in [-0.25, -0.2) is 0 Å². The van der Waals surface area contributed by atoms with Gasteiger partial charge in [0.25, 0.3) is 0 Å². The fourth-order valence-electron chi connectivity index (χ4n) is 2.19. The van der Waals surface area contributed by atoms with Crippen molar-refractivity contribution in [1.29, 1.82) is 0 Å². The largest absolute Gasteiger partial charge is 0.314 e. The van der Waals surface area contributed by atoms with Crippen LogP contribution in [0.4, 0.5) is 0 Å². The number of nitrogens with one attached hydrogen (secondary N) is 1. The highest BCUT2D eigenvalue weighted by molar-refractivity contribution is 4.83. The van der Waals surface area contributed by atoms with E-state index in [1.54, 1.807) is 0 Å². The summed E-state index contributed by atoms with van der Waals surface area (Å²) in [5, 5.41) is 3.62. The zero-order chi connectivity index (χ0) is 12.8. The molecule has 0 radical (unpaired) electrons. The molecule has 0 aliphatic carbocycles. The quantitative estimate of drug-likeness (QED) is 0.645. The van der Waals surface area contributed by atoms with Crippen molar-refractivity contribution in [1.82, 2.24) is 5.32 Å². The van der Waals surface area contributed by atoms with Crippen LogP contribution < -0.4 is 5.32 Å². The summed E-state index contributed by atoms with van der Waals surface area (Å²) in [5.74, 6) is 1.64. The smallest absolute Gasteiger partial charge is 0.00106 e. The Morgan fingerprint density at radius 3 is 1.81 bits per heavy atom. The van der Waals surface area contributed by atoms with Gasteiger partial charge in [0.15, 0.2) is 0 Å². The predicted molar refractivity (Wildman–Crippen MR) is 74.8 cm³/mol. The molecule has 0 aliphatic rings. The van der Waals surface area contributed by atoms with E-state index in [1.807, 2.05) is 0 Å². The van der Waals surface area contributed by atoms with Crippen molar-refractivity contribution in [2.45, 2.75) is 73.8 Å². The Balaban J connectivity index is 4.43. The molecule has 0 aliphatic heterocycles. The zero-order valence-corrected chi connectivity index (χ0v) is 12.6. The maximum atomic E-state index is 3.62. The third kappa shape index (κ3) is 5.34. The average Bonchev–Trinajstić information content (AvgIpc) is 2.22. The van der Waals surface area contributed by atoms with Gasteiger partial charge in [-0.05, 0) is 23.7 Å². The molecule has 1 unspecified atom stereocenters. The molecule has 1 nitrogen and oxygen atoms in total. The van der Waals surface area contributed by atoms with Gasteiger partial charge in [0.2, 0.25) is 0 Å². The standard InChI is InChI=1S/C15H33N/c1-8-14(9-2)10-15(7,12(3)4)11-16-13(5)6/h12-14,16H,8-11H2,1-7H3. The monoisotopic (exact) mass is 227 g/mol. The molecule has 16 heavy (non-hydrogen) atoms. The second kappa shape index (κ2) is 7.32. The van der Waals surface area contributed by atoms with Crippen LogP contribution in [0.25, 0.3) is 0 Å². The summed E-state index contributed by atoms with van der Waals surface area (Å²) in [6.45, 7) is 17.4. The van der Waals surface area contributed by atoms with Gasteiger partial charge in [-0.15, -0.1) is 0 Å². The maximum Gasteiger partial charge on any atom is 0.00106 e. The summed E-state index contributed by atoms with van der Waals surface area (Å²) in [7, 11) is 0. The van der Waals surface area contributed by atoms with Gasteiger partial charge >= 0.3 is 0 Å². The summed E-state index contributed by atoms with van der Waals surface area (Å²) < 4.78 is 0. The summed E-state index contributed by atoms with van der Waals surface area (Å²) in [5.41, 5.74) is 0.445. The van der Waals surface area contributed by atoms with Crippen molar-refractivity contribution in [3.8, 4) is 0 Å². The maximum absolute atomic E-state index is 3.62. The van der Waals surface area contributed by atoms with Gasteiger partial charge in [0, 0.05) is 12.6 Å². The van der Waals surface area contributed by atoms with Crippen molar-refractivity contribution >= 4 is 0 Å². The van der Waals surface area contributed by atoms with E-state index in [0.29, 0.717) is 11.5 Å². The molecule has 0 aromatic rings. The Kier molecular flexibility index (Phi) is 7.30. The third-order valence-electron chi connectivity index (χ3n) is 4.22. The molecule has 0 aromatic carbocycles. The first-order valence-electron chi connectivity index (χ1n) is 7.09. The van der Waals surface area contributed by atoms with E-state index in [0.717, 1.165) is 18.4 Å². The van der Waals surface area contributed by atoms with Gasteiger partial charge in [-0.3, -0.25) is 0 Å². The molecule has 0 spiro atoms. The lowest BCUT2D eigenvalue weighted by Gasteiger charge is -2.37. The van der Waals surface area contributed by atoms with Crippen LogP contribution in [-0.4, -0.2) is 12.6 Å². The molecule has 0 saturated carbocycles. The molecular weight excluding hydrogens is 194 g/mol. The normalized spacial score (nSPS) is 16.1. The second-order valence-electron chi connectivity index (χ2n) is 6.23. The summed E-state index contributed by atoms with van der Waals surface area (Å²) in [4.78, 5) is 0. The minimum absolute atomic E-state index is 0.445. The highest BCUT2D eigenvalue weighted by Crippen LogP contribution is 2.35. The molecule has 0 fully saturated rings. The van der Waals surface area contributed by atoms with E-state index in [4.69, 9.17) is 0 Å². The van der Waals surface area contributed by atoms with Crippen molar-refractivity contribution in [3.05, 3.63) is 0 Å². The first kappa shape index (κ1) is 16.0. The topological polar surface area (TPSA) is 12.0 Å². The van der Waals surface area contributed by atoms with Gasteiger partial charge in [0.1, 0.15) is 0 Å². The first-order chi connectivity index (χ1) is 7.35. The minimum atomic E-state index is 0.445. The van der Waals surface area contributed by atoms with Crippen LogP contribution in [0, 0.1) is 17.3 Å². The summed E-state index contributed by atoms with van der Waals surface area (Å²) in [6, 6.07) is 0.597. The molecule has 0 aromatic heterocycles. The minimum Gasteiger partial charge on any atom is -0.314 e. The lowest BCUT2D eigenvalue weighted by atomic mass is 9.71. The highest BCUT2D eigenvalue weighted by Gasteiger charge is 2.30. The molecule has 1 heteroatoms. The molecule has 0 rings (SSSR count). The van der Waals surface area contributed by atoms with Crippen LogP contribution in [0.3, 0.4) is 0 Å². The molecule has 1 N–H and O–H groups in total. The molecule has 1 atom stereocenters. The Morgan fingerprint density at radius 1 is 1.00 bits per heavy atom. The number of hydrogen-bond donors (Lipinski definition) is 1. The Labute approximate surface area is 103 Å². The number of rotatable bonds is 8. The highest BCUT2D eigenvalue weighted by atomic mass is 14.9. The molecular formula is C15H33N. The molecule has 98 valence electrons. The Bertz CT molecular complexity index is 170. The van der Waals surface area contributed by atoms with Gasteiger partial charge < -0.3 is 5.32 Å². The fraction of sp³-hybridized carbons (Fsp3) is 1.00. The second-order valence-corrected chi connectivity index (χ2v) is 6.23. The summed E-state index contributed by atoms with van der Waals surface area (Å²) >= 11 is 0. The van der Waals surface area contributed by atoms with Gasteiger partial charge in [-0.2, -0.15) is 0 Å². The first-order valence-corrected chi connectivity index (χ1v) is 7.09. The van der Waals surface area contributed by atoms with Crippen LogP contribution in [0.5, 0.6) is 0 Å². The van der Waals surface area contributed by atoms with Crippen molar-refractivity contribution in [3.63, 3.8) is 0 Å². The van der Waals surface area contributed by atoms with E-state index in [9.17, 15) is 0 Å². The molecule has 0 amide bonds. The van der Waals surface area contributed by atoms with Crippen LogP contribution in [0.15, 0.2) is 0 Å². The average molecular weight is 227 g/mol. The van der Waals surface area contributed by atoms with Crippen LogP contribution in [-0.2, 0) is 0 Å². The van der Waals surface area contributed by atoms with Crippen molar-refractivity contribution in [2.75, 3.05) is 6.54 Å². The van der Waals surface area contributed by atoms with Crippen LogP contribution >= 0.6 is 0 Å². The van der Waals surface area contributed by atoms with Crippen LogP contribution in [0.1, 0.15) is 67.7 Å². The summed E-state index contributed by atoms with van der Waals surface area (Å²) in [6.07, 6.45) is 4.00. The molecule has 0 heterocycles. The Morgan fingerprint density at radius 2 is 1.50 bits per heavy atom. The van der Waals surface area contributed by atoms with Crippen LogP contribution in [0.2, 0.25) is 0 Å². The molecule has 0 saturated heterocycles. The van der Waals surface area contributed by atoms with E-state index < -0.39 is 0 Å². The number of hydrogen-bond acceptors (Lipinski definition) is 1. The SMILES string of the molecule is CCC(CC)CC(C)(CNC(C)C)C(C)C. The fourth-order valence-corrected chi connectivity index (χ4v) is 2.19. The molecule has 0 bridgehead atoms. The predicted octanol–water partition coefficient (Wildman–Crippen LogP) is 4.47. The van der Waals surface area contributed by atoms with E-state index in [1.165, 1.54) is 19.3 Å². The lowest BCUT2D eigenvalue weighted by Crippen LogP contribution is -2.40. The lowest BCUT2D eigenvalue weighted by molar-refractivity contribution is 0.149. The van der Waals surface area contributed by atoms with Crippen molar-refractivity contribution < 1.29 is 0 Å². The Hall–Kier alpha value is -0.0400. The van der Waals surface area contributed by atoms with Crippen molar-refractivity contribution in [2.24, 2.45) is 17.3 Å². The van der Waals surface area contributed by atoms with E-state index in [-0.39, 0.29) is 0 Å². The van der Waals surface area contributed by atoms with E-state index in [2.05, 4.69) is 53.8 Å². The van der Waals surface area contributed by atoms with Gasteiger partial charge in [0.05, 0.1) is 0 Å². The zero-order valence-electron chi connectivity index (χ0n) is 12.6. The van der Waals surface area contributed by atoms with Gasteiger partial charge in [-0.1, -0.05) is 61.3 Å². The third-order valence-corrected chi connectivity index (χ3v) is 4.22. The van der Waals surface area contributed by atoms with E-state index >= 15 is 0 Å².